The zero-order valence-corrected chi connectivity index (χ0v) is 18.4. The third kappa shape index (κ3) is 10.3. The highest BCUT2D eigenvalue weighted by molar-refractivity contribution is 5.75. The molecule has 0 bridgehead atoms. The molecule has 152 valence electrons. The summed E-state index contributed by atoms with van der Waals surface area (Å²) in [6, 6.07) is 0.287. The molecule has 0 spiro atoms. The van der Waals surface area contributed by atoms with Gasteiger partial charge < -0.3 is 14.4 Å². The molecule has 0 saturated carbocycles. The topological polar surface area (TPSA) is 29.5 Å². The van der Waals surface area contributed by atoms with Crippen molar-refractivity contribution in [3.8, 4) is 0 Å². The molecule has 0 rings (SSSR count). The first-order valence-electron chi connectivity index (χ1n) is 10.3. The Morgan fingerprint density at radius 3 is 2.23 bits per heavy atom. The fourth-order valence-corrected chi connectivity index (χ4v) is 3.64. The first-order valence-corrected chi connectivity index (χ1v) is 10.3. The number of ketones is 1. The third-order valence-corrected chi connectivity index (χ3v) is 5.47. The molecule has 0 fully saturated rings. The van der Waals surface area contributed by atoms with E-state index >= 15 is 0 Å². The lowest BCUT2D eigenvalue weighted by atomic mass is 9.88. The van der Waals surface area contributed by atoms with Crippen LogP contribution in [0.15, 0.2) is 23.8 Å². The van der Waals surface area contributed by atoms with Gasteiger partial charge in [-0.05, 0) is 72.4 Å². The van der Waals surface area contributed by atoms with Crippen LogP contribution in [0.1, 0.15) is 79.1 Å². The van der Waals surface area contributed by atoms with E-state index < -0.39 is 0 Å². The number of rotatable bonds is 15. The Morgan fingerprint density at radius 2 is 1.77 bits per heavy atom. The van der Waals surface area contributed by atoms with Crippen LogP contribution in [0, 0.1) is 5.92 Å². The van der Waals surface area contributed by atoms with Gasteiger partial charge in [0.1, 0.15) is 5.78 Å². The first kappa shape index (κ1) is 25.1. The number of likely N-dealkylation sites (N-methyl/N-ethyl adjacent to an activating group) is 1. The van der Waals surface area contributed by atoms with Crippen LogP contribution in [-0.2, 0) is 9.53 Å². The maximum atomic E-state index is 11.3. The van der Waals surface area contributed by atoms with Gasteiger partial charge in [-0.3, -0.25) is 0 Å². The third-order valence-electron chi connectivity index (χ3n) is 5.47. The minimum atomic E-state index is 0.257. The second-order valence-electron chi connectivity index (χ2n) is 7.87. The van der Waals surface area contributed by atoms with Crippen molar-refractivity contribution in [2.45, 2.75) is 91.2 Å². The number of hydrogen-bond donors (Lipinski definition) is 0. The quantitative estimate of drug-likeness (QED) is 0.343. The molecule has 0 aromatic rings. The maximum absolute atomic E-state index is 11.3. The molecule has 0 radical (unpaired) electrons. The van der Waals surface area contributed by atoms with Gasteiger partial charge in [-0.1, -0.05) is 44.1 Å². The molecule has 0 aliphatic carbocycles. The largest absolute Gasteiger partial charge is 0.381 e. The Morgan fingerprint density at radius 1 is 1.12 bits per heavy atom. The fourth-order valence-electron chi connectivity index (χ4n) is 3.64. The van der Waals surface area contributed by atoms with Gasteiger partial charge >= 0.3 is 0 Å². The van der Waals surface area contributed by atoms with E-state index in [1.165, 1.54) is 24.0 Å². The minimum absolute atomic E-state index is 0.257. The standard InChI is InChI=1S/C23H43NO2/c1-9-11-22(26-8)16-13-18(3)21(10-2)15-12-19(4)23(24(6)7)17-14-20(5)25/h10,18,22-23H,4,9,11-17H2,1-3,5-8H3/b21-10+. The van der Waals surface area contributed by atoms with E-state index in [-0.39, 0.29) is 11.8 Å². The summed E-state index contributed by atoms with van der Waals surface area (Å²) in [6.07, 6.45) is 10.8. The minimum Gasteiger partial charge on any atom is -0.381 e. The molecule has 0 saturated heterocycles. The summed E-state index contributed by atoms with van der Waals surface area (Å²) in [5, 5.41) is 0. The second-order valence-corrected chi connectivity index (χ2v) is 7.87. The van der Waals surface area contributed by atoms with Crippen LogP contribution in [0.5, 0.6) is 0 Å². The molecule has 0 aliphatic heterocycles. The number of Topliss-reactive ketones (excluding diaryl/α,β-unsaturated/α-hetero) is 1. The molecule has 26 heavy (non-hydrogen) atoms. The number of nitrogens with zero attached hydrogens (tertiary/aromatic N) is 1. The van der Waals surface area contributed by atoms with Gasteiger partial charge in [0.2, 0.25) is 0 Å². The van der Waals surface area contributed by atoms with Crippen LogP contribution >= 0.6 is 0 Å². The zero-order chi connectivity index (χ0) is 20.1. The van der Waals surface area contributed by atoms with Gasteiger partial charge in [-0.2, -0.15) is 0 Å². The van der Waals surface area contributed by atoms with Crippen molar-refractivity contribution in [3.63, 3.8) is 0 Å². The molecule has 3 atom stereocenters. The highest BCUT2D eigenvalue weighted by Crippen LogP contribution is 2.26. The van der Waals surface area contributed by atoms with Gasteiger partial charge in [0, 0.05) is 19.6 Å². The van der Waals surface area contributed by atoms with Gasteiger partial charge in [0.05, 0.1) is 6.10 Å². The number of carbonyl (C=O) groups excluding carboxylic acids is 1. The van der Waals surface area contributed by atoms with Crippen molar-refractivity contribution >= 4 is 5.78 Å². The molecule has 0 amide bonds. The highest BCUT2D eigenvalue weighted by atomic mass is 16.5. The molecule has 0 N–H and O–H groups in total. The SMILES string of the molecule is C=C(CC/C(=C\C)C(C)CCC(CCC)OC)C(CCC(C)=O)N(C)C. The number of carbonyl (C=O) groups is 1. The maximum Gasteiger partial charge on any atom is 0.129 e. The zero-order valence-electron chi connectivity index (χ0n) is 18.4. The van der Waals surface area contributed by atoms with E-state index in [0.29, 0.717) is 18.4 Å². The molecule has 3 heteroatoms. The summed E-state index contributed by atoms with van der Waals surface area (Å²) < 4.78 is 5.59. The van der Waals surface area contributed by atoms with E-state index in [2.05, 4.69) is 52.4 Å². The summed E-state index contributed by atoms with van der Waals surface area (Å²) in [5.74, 6) is 0.838. The summed E-state index contributed by atoms with van der Waals surface area (Å²) >= 11 is 0. The molecular formula is C23H43NO2. The molecular weight excluding hydrogens is 322 g/mol. The van der Waals surface area contributed by atoms with Crippen molar-refractivity contribution in [3.05, 3.63) is 23.8 Å². The van der Waals surface area contributed by atoms with Gasteiger partial charge in [0.25, 0.3) is 0 Å². The normalized spacial score (nSPS) is 15.8. The van der Waals surface area contributed by atoms with Gasteiger partial charge in [-0.15, -0.1) is 0 Å². The predicted octanol–water partition coefficient (Wildman–Crippen LogP) is 5.80. The van der Waals surface area contributed by atoms with Gasteiger partial charge in [-0.25, -0.2) is 0 Å². The number of methoxy groups -OCH3 is 1. The summed E-state index contributed by atoms with van der Waals surface area (Å²) in [7, 11) is 5.98. The molecule has 0 aromatic heterocycles. The van der Waals surface area contributed by atoms with Crippen LogP contribution in [0.25, 0.3) is 0 Å². The highest BCUT2D eigenvalue weighted by Gasteiger charge is 2.18. The average Bonchev–Trinajstić information content (AvgIpc) is 2.58. The Kier molecular flexibility index (Phi) is 13.7. The van der Waals surface area contributed by atoms with Crippen LogP contribution in [-0.4, -0.2) is 44.0 Å². The summed E-state index contributed by atoms with van der Waals surface area (Å²) in [6.45, 7) is 12.7. The fraction of sp³-hybridized carbons (Fsp3) is 0.783. The van der Waals surface area contributed by atoms with Crippen molar-refractivity contribution in [1.29, 1.82) is 0 Å². The lowest BCUT2D eigenvalue weighted by molar-refractivity contribution is -0.117. The number of hydrogen-bond acceptors (Lipinski definition) is 3. The second kappa shape index (κ2) is 14.2. The van der Waals surface area contributed by atoms with E-state index in [1.54, 1.807) is 6.92 Å². The van der Waals surface area contributed by atoms with Crippen molar-refractivity contribution in [1.82, 2.24) is 4.90 Å². The van der Waals surface area contributed by atoms with Crippen LogP contribution in [0.4, 0.5) is 0 Å². The Hall–Kier alpha value is -0.930. The Bertz CT molecular complexity index is 439. The Labute approximate surface area is 162 Å². The molecule has 0 aliphatic rings. The number of ether oxygens (including phenoxy) is 1. The molecule has 3 nitrogen and oxygen atoms in total. The molecule has 0 aromatic carbocycles. The lowest BCUT2D eigenvalue weighted by Gasteiger charge is -2.27. The molecule has 0 heterocycles. The van der Waals surface area contributed by atoms with Crippen LogP contribution in [0.2, 0.25) is 0 Å². The smallest absolute Gasteiger partial charge is 0.129 e. The Balaban J connectivity index is 4.56. The van der Waals surface area contributed by atoms with Crippen molar-refractivity contribution in [2.24, 2.45) is 5.92 Å². The van der Waals surface area contributed by atoms with E-state index in [4.69, 9.17) is 4.74 Å². The summed E-state index contributed by atoms with van der Waals surface area (Å²) in [5.41, 5.74) is 2.75. The molecule has 3 unspecified atom stereocenters. The first-order chi connectivity index (χ1) is 12.3. The predicted molar refractivity (Wildman–Crippen MR) is 114 cm³/mol. The van der Waals surface area contributed by atoms with Crippen LogP contribution in [0.3, 0.4) is 0 Å². The van der Waals surface area contributed by atoms with E-state index in [9.17, 15) is 4.79 Å². The van der Waals surface area contributed by atoms with Crippen molar-refractivity contribution in [2.75, 3.05) is 21.2 Å². The van der Waals surface area contributed by atoms with Gasteiger partial charge in [0.15, 0.2) is 0 Å². The van der Waals surface area contributed by atoms with E-state index in [1.807, 2.05) is 7.11 Å². The average molecular weight is 366 g/mol. The van der Waals surface area contributed by atoms with Crippen molar-refractivity contribution < 1.29 is 9.53 Å². The summed E-state index contributed by atoms with van der Waals surface area (Å²) in [4.78, 5) is 13.5. The number of allylic oxidation sites excluding steroid dienone is 2. The van der Waals surface area contributed by atoms with E-state index in [0.717, 1.165) is 32.1 Å². The lowest BCUT2D eigenvalue weighted by Crippen LogP contribution is -2.30. The monoisotopic (exact) mass is 365 g/mol. The van der Waals surface area contributed by atoms with Crippen LogP contribution < -0.4 is 0 Å².